The van der Waals surface area contributed by atoms with Gasteiger partial charge in [-0.15, -0.1) is 0 Å². The van der Waals surface area contributed by atoms with Gasteiger partial charge in [0.1, 0.15) is 17.5 Å². The van der Waals surface area contributed by atoms with Gasteiger partial charge < -0.3 is 44.2 Å². The van der Waals surface area contributed by atoms with E-state index in [0.717, 1.165) is 83.3 Å². The van der Waals surface area contributed by atoms with Gasteiger partial charge in [0.25, 0.3) is 17.7 Å². The topological polar surface area (TPSA) is 203 Å². The van der Waals surface area contributed by atoms with Gasteiger partial charge in [0.15, 0.2) is 17.1 Å². The van der Waals surface area contributed by atoms with Crippen molar-refractivity contribution in [1.29, 1.82) is 0 Å². The van der Waals surface area contributed by atoms with Crippen LogP contribution >= 0.6 is 58.0 Å². The predicted molar refractivity (Wildman–Crippen MR) is 381 cm³/mol. The van der Waals surface area contributed by atoms with Crippen molar-refractivity contribution in [1.82, 2.24) is 44.0 Å². The number of amides is 3. The molecule has 0 saturated carbocycles. The van der Waals surface area contributed by atoms with Crippen molar-refractivity contribution in [3.05, 3.63) is 244 Å². The zero-order chi connectivity index (χ0) is 70.6. The molecule has 6 aliphatic rings. The molecule has 101 heavy (non-hydrogen) atoms. The first-order valence-electron chi connectivity index (χ1n) is 32.9. The van der Waals surface area contributed by atoms with Crippen molar-refractivity contribution < 1.29 is 57.1 Å². The van der Waals surface area contributed by atoms with Crippen molar-refractivity contribution in [2.24, 2.45) is 0 Å². The van der Waals surface area contributed by atoms with Gasteiger partial charge >= 0.3 is 0 Å². The lowest BCUT2D eigenvalue weighted by molar-refractivity contribution is 0.0659. The molecule has 26 heteroatoms. The van der Waals surface area contributed by atoms with Crippen LogP contribution in [0.3, 0.4) is 0 Å². The SMILES string of the molecule is O=C(c1nn(-c2ccc(Cl)cc2)c2c1COC/C2=C\c1ccc(F)cc1)N1CCC[C@H]1CO.O=C(c1nn(-c2ccc(Cl)cc2Cl)c2c1COC/C2=C\c1ccc(F)cc1)N1CCC[C@@H]1CO.O=C(c1nn(-c2ccc(Cl)cc2Cl)c2c1COC/C2=C\c1ccc(F)cc1)N1CCC[C@H]1CO. The Kier molecular flexibility index (Phi) is 22.1. The highest BCUT2D eigenvalue weighted by Gasteiger charge is 2.39. The number of hydrogen-bond acceptors (Lipinski definition) is 12. The maximum absolute atomic E-state index is 13.5. The molecule has 15 rings (SSSR count). The summed E-state index contributed by atoms with van der Waals surface area (Å²) in [6, 6.07) is 35.2. The number of likely N-dealkylation sites (tertiary alicyclic amines) is 3. The van der Waals surface area contributed by atoms with E-state index in [1.54, 1.807) is 114 Å². The first kappa shape index (κ1) is 71.0. The number of hydrogen-bond donors (Lipinski definition) is 3. The van der Waals surface area contributed by atoms with Crippen LogP contribution in [0.25, 0.3) is 52.0 Å². The maximum atomic E-state index is 13.5. The molecule has 3 fully saturated rings. The zero-order valence-corrected chi connectivity index (χ0v) is 58.0. The van der Waals surface area contributed by atoms with Crippen LogP contribution in [-0.2, 0) is 34.0 Å². The second kappa shape index (κ2) is 31.4. The molecule has 18 nitrogen and oxygen atoms in total. The molecule has 3 aromatic heterocycles. The van der Waals surface area contributed by atoms with Crippen LogP contribution in [0.4, 0.5) is 13.2 Å². The van der Waals surface area contributed by atoms with Gasteiger partial charge in [0, 0.05) is 68.1 Å². The van der Waals surface area contributed by atoms with Gasteiger partial charge in [0.05, 0.1) is 122 Å². The number of ether oxygens (including phenoxy) is 3. The first-order chi connectivity index (χ1) is 49.0. The molecular formula is C75H67Cl5F3N9O9. The number of benzene rings is 6. The van der Waals surface area contributed by atoms with Crippen LogP contribution in [0.2, 0.25) is 25.1 Å². The molecule has 0 spiro atoms. The number of carbonyl (C=O) groups is 3. The molecule has 3 atom stereocenters. The van der Waals surface area contributed by atoms with Crippen LogP contribution < -0.4 is 0 Å². The molecule has 6 aliphatic heterocycles. The Labute approximate surface area is 604 Å². The lowest BCUT2D eigenvalue weighted by atomic mass is 10.0. The number of nitrogens with zero attached hydrogens (tertiary/aromatic N) is 9. The van der Waals surface area contributed by atoms with E-state index in [0.29, 0.717) is 96.5 Å². The molecular weight excluding hydrogens is 1410 g/mol. The van der Waals surface area contributed by atoms with E-state index in [4.69, 9.17) is 87.5 Å². The van der Waals surface area contributed by atoms with Crippen molar-refractivity contribution >= 4 is 111 Å². The third kappa shape index (κ3) is 15.2. The Hall–Kier alpha value is -8.42. The average Bonchev–Trinajstić information content (AvgIpc) is 1.63. The molecule has 3 amide bonds. The van der Waals surface area contributed by atoms with Crippen LogP contribution in [0.5, 0.6) is 0 Å². The lowest BCUT2D eigenvalue weighted by Gasteiger charge is -2.23. The molecule has 9 heterocycles. The number of rotatable bonds is 12. The number of aromatic nitrogens is 6. The Morgan fingerprint density at radius 3 is 1.04 bits per heavy atom. The minimum Gasteiger partial charge on any atom is -0.394 e. The molecule has 3 N–H and O–H groups in total. The second-order valence-corrected chi connectivity index (χ2v) is 27.1. The summed E-state index contributed by atoms with van der Waals surface area (Å²) in [5, 5.41) is 45.7. The van der Waals surface area contributed by atoms with Gasteiger partial charge in [0.2, 0.25) is 0 Å². The Morgan fingerprint density at radius 2 is 0.723 bits per heavy atom. The van der Waals surface area contributed by atoms with Crippen molar-refractivity contribution in [3.63, 3.8) is 0 Å². The zero-order valence-electron chi connectivity index (χ0n) is 54.2. The monoisotopic (exact) mass is 1470 g/mol. The first-order valence-corrected chi connectivity index (χ1v) is 34.8. The highest BCUT2D eigenvalue weighted by atomic mass is 35.5. The summed E-state index contributed by atoms with van der Waals surface area (Å²) in [6.07, 6.45) is 10.5. The van der Waals surface area contributed by atoms with Gasteiger partial charge in [-0.2, -0.15) is 15.3 Å². The highest BCUT2D eigenvalue weighted by Crippen LogP contribution is 2.40. The predicted octanol–water partition coefficient (Wildman–Crippen LogP) is 14.3. The molecule has 0 bridgehead atoms. The number of aliphatic hydroxyl groups is 3. The third-order valence-electron chi connectivity index (χ3n) is 18.5. The highest BCUT2D eigenvalue weighted by molar-refractivity contribution is 6.36. The summed E-state index contributed by atoms with van der Waals surface area (Å²) in [6.45, 7) is 3.04. The third-order valence-corrected chi connectivity index (χ3v) is 19.8. The summed E-state index contributed by atoms with van der Waals surface area (Å²) >= 11 is 31.4. The molecule has 0 radical (unpaired) electrons. The summed E-state index contributed by atoms with van der Waals surface area (Å²) in [5.41, 5.74) is 11.8. The molecule has 0 unspecified atom stereocenters. The van der Waals surface area contributed by atoms with E-state index < -0.39 is 0 Å². The minimum atomic E-state index is -0.322. The van der Waals surface area contributed by atoms with E-state index in [1.165, 1.54) is 36.4 Å². The largest absolute Gasteiger partial charge is 0.394 e. The van der Waals surface area contributed by atoms with Gasteiger partial charge in [-0.05, 0) is 171 Å². The number of fused-ring (bicyclic) bond motifs is 3. The van der Waals surface area contributed by atoms with Crippen molar-refractivity contribution in [2.45, 2.75) is 76.5 Å². The molecule has 6 aromatic carbocycles. The van der Waals surface area contributed by atoms with Gasteiger partial charge in [-0.25, -0.2) is 27.2 Å². The molecule has 3 saturated heterocycles. The van der Waals surface area contributed by atoms with Crippen LogP contribution in [0.15, 0.2) is 133 Å². The second-order valence-electron chi connectivity index (χ2n) is 25.0. The van der Waals surface area contributed by atoms with E-state index in [2.05, 4.69) is 0 Å². The standard InChI is InChI=1S/2C25H22Cl2FN3O3.C25H23ClFN3O3/c2*26-17-5-8-22(21(27)11-17)31-24-16(10-15-3-6-18(28)7-4-15)13-34-14-20(24)23(29-31)25(33)30-9-1-2-19(30)12-32;26-18-5-9-20(10-6-18)30-24-17(12-16-3-7-19(27)8-4-16)14-33-15-22(24)23(28-30)25(32)29-11-1-2-21(29)13-31/h2*3-8,10-11,19,32H,1-2,9,12-14H2;3-10,12,21,31H,1-2,11,13-15H2/b2*16-10+;17-12+/t2*19-;21-/m100/s1. The lowest BCUT2D eigenvalue weighted by Crippen LogP contribution is -2.38. The average molecular weight is 1470 g/mol. The Morgan fingerprint density at radius 1 is 0.416 bits per heavy atom. The fraction of sp³-hybridized carbons (Fsp3) is 0.280. The van der Waals surface area contributed by atoms with Crippen LogP contribution in [0.1, 0.15) is 120 Å². The van der Waals surface area contributed by atoms with Crippen LogP contribution in [-0.4, -0.2) is 154 Å². The molecule has 522 valence electrons. The Bertz CT molecular complexity index is 4480. The van der Waals surface area contributed by atoms with Gasteiger partial charge in [-0.3, -0.25) is 14.4 Å². The fourth-order valence-electron chi connectivity index (χ4n) is 13.6. The summed E-state index contributed by atoms with van der Waals surface area (Å²) in [5.74, 6) is -1.65. The quantitative estimate of drug-likeness (QED) is 0.105. The molecule has 0 aliphatic carbocycles. The van der Waals surface area contributed by atoms with E-state index in [-0.39, 0.29) is 118 Å². The number of aliphatic hydroxyl groups excluding tert-OH is 3. The normalized spacial score (nSPS) is 19.1. The fourth-order valence-corrected chi connectivity index (χ4v) is 14.7. The van der Waals surface area contributed by atoms with Crippen molar-refractivity contribution in [2.75, 3.05) is 59.3 Å². The number of carbonyl (C=O) groups excluding carboxylic acids is 3. The summed E-state index contributed by atoms with van der Waals surface area (Å²) in [4.78, 5) is 45.6. The summed E-state index contributed by atoms with van der Waals surface area (Å²) in [7, 11) is 0. The molecule has 9 aromatic rings. The maximum Gasteiger partial charge on any atom is 0.275 e. The van der Waals surface area contributed by atoms with E-state index in [1.807, 2.05) is 30.4 Å². The van der Waals surface area contributed by atoms with E-state index >= 15 is 0 Å². The van der Waals surface area contributed by atoms with Crippen LogP contribution in [0, 0.1) is 17.5 Å². The smallest absolute Gasteiger partial charge is 0.275 e. The Balaban J connectivity index is 0.000000135. The summed E-state index contributed by atoms with van der Waals surface area (Å²) < 4.78 is 62.8. The van der Waals surface area contributed by atoms with Crippen molar-refractivity contribution in [3.8, 4) is 17.1 Å². The number of halogens is 8. The van der Waals surface area contributed by atoms with E-state index in [9.17, 15) is 42.9 Å². The van der Waals surface area contributed by atoms with Gasteiger partial charge in [-0.1, -0.05) is 94.4 Å². The minimum absolute atomic E-state index is 0.0714.